The lowest BCUT2D eigenvalue weighted by Crippen LogP contribution is -2.65. The molecule has 7 nitrogen and oxygen atoms in total. The summed E-state index contributed by atoms with van der Waals surface area (Å²) in [5.74, 6) is -0.753. The van der Waals surface area contributed by atoms with E-state index < -0.39 is 34.6 Å². The van der Waals surface area contributed by atoms with Crippen molar-refractivity contribution >= 4 is 17.7 Å². The maximum Gasteiger partial charge on any atom is 0.302 e. The lowest BCUT2D eigenvalue weighted by atomic mass is 9.52. The van der Waals surface area contributed by atoms with Gasteiger partial charge in [-0.25, -0.2) is 0 Å². The zero-order valence-electron chi connectivity index (χ0n) is 15.5. The normalized spacial score (nSPS) is 45.8. The maximum absolute atomic E-state index is 12.6. The first-order valence-corrected chi connectivity index (χ1v) is 8.97. The van der Waals surface area contributed by atoms with Crippen LogP contribution in [0.4, 0.5) is 0 Å². The summed E-state index contributed by atoms with van der Waals surface area (Å²) in [5.41, 5.74) is -1.22. The third-order valence-corrected chi connectivity index (χ3v) is 6.90. The Balaban J connectivity index is 1.81. The molecule has 2 saturated heterocycles. The van der Waals surface area contributed by atoms with Crippen LogP contribution < -0.4 is 0 Å². The van der Waals surface area contributed by atoms with Crippen molar-refractivity contribution in [2.45, 2.75) is 64.4 Å². The SMILES string of the molecule is CC(=O)OCC12CC(=O)C(C)=CC1OC1C(OC(C)=O)CC2(C)C12CO2. The molecule has 0 amide bonds. The van der Waals surface area contributed by atoms with E-state index >= 15 is 0 Å². The van der Waals surface area contributed by atoms with Crippen molar-refractivity contribution in [3.8, 4) is 0 Å². The van der Waals surface area contributed by atoms with E-state index in [4.69, 9.17) is 18.9 Å². The van der Waals surface area contributed by atoms with Crippen LogP contribution in [0.5, 0.6) is 0 Å². The number of carbonyl (C=O) groups is 3. The molecular weight excluding hydrogens is 340 g/mol. The molecule has 4 aliphatic rings. The molecule has 7 heteroatoms. The Morgan fingerprint density at radius 2 is 2.00 bits per heavy atom. The van der Waals surface area contributed by atoms with Crippen molar-refractivity contribution in [2.75, 3.05) is 13.2 Å². The lowest BCUT2D eigenvalue weighted by molar-refractivity contribution is -0.222. The van der Waals surface area contributed by atoms with Crippen molar-refractivity contribution < 1.29 is 33.3 Å². The van der Waals surface area contributed by atoms with Gasteiger partial charge in [0.2, 0.25) is 0 Å². The number of Topliss-reactive ketones (excluding diaryl/α,β-unsaturated/α-hetero) is 1. The van der Waals surface area contributed by atoms with Crippen molar-refractivity contribution in [1.29, 1.82) is 0 Å². The van der Waals surface area contributed by atoms with Crippen molar-refractivity contribution in [1.82, 2.24) is 0 Å². The van der Waals surface area contributed by atoms with E-state index in [2.05, 4.69) is 6.92 Å². The Morgan fingerprint density at radius 1 is 1.31 bits per heavy atom. The van der Waals surface area contributed by atoms with E-state index in [0.29, 0.717) is 18.6 Å². The topological polar surface area (TPSA) is 91.4 Å². The molecule has 3 fully saturated rings. The number of ether oxygens (including phenoxy) is 4. The van der Waals surface area contributed by atoms with Crippen LogP contribution in [0.3, 0.4) is 0 Å². The lowest BCUT2D eigenvalue weighted by Gasteiger charge is -2.56. The van der Waals surface area contributed by atoms with Gasteiger partial charge in [0.1, 0.15) is 24.4 Å². The van der Waals surface area contributed by atoms with Gasteiger partial charge in [0.25, 0.3) is 0 Å². The zero-order chi connectivity index (χ0) is 18.9. The van der Waals surface area contributed by atoms with Crippen LogP contribution in [0, 0.1) is 10.8 Å². The summed E-state index contributed by atoms with van der Waals surface area (Å²) in [5, 5.41) is 0. The molecule has 2 bridgehead atoms. The second kappa shape index (κ2) is 5.39. The maximum atomic E-state index is 12.6. The molecule has 2 heterocycles. The van der Waals surface area contributed by atoms with Gasteiger partial charge in [-0.1, -0.05) is 6.92 Å². The van der Waals surface area contributed by atoms with Crippen LogP contribution >= 0.6 is 0 Å². The Hall–Kier alpha value is -1.73. The first kappa shape index (κ1) is 17.7. The first-order valence-electron chi connectivity index (χ1n) is 8.97. The standard InChI is InChI=1S/C19H24O7/c1-10-5-15-18(6-13(10)22,8-23-11(2)20)17(4)7-14(25-12(3)21)16(26-15)19(17)9-24-19/h5,14-16H,6-9H2,1-4H3. The van der Waals surface area contributed by atoms with Gasteiger partial charge in [0.15, 0.2) is 5.78 Å². The van der Waals surface area contributed by atoms with Gasteiger partial charge < -0.3 is 18.9 Å². The molecule has 2 aliphatic heterocycles. The van der Waals surface area contributed by atoms with Gasteiger partial charge in [0, 0.05) is 25.7 Å². The van der Waals surface area contributed by atoms with Crippen LogP contribution in [0.1, 0.15) is 40.5 Å². The highest BCUT2D eigenvalue weighted by Gasteiger charge is 2.82. The summed E-state index contributed by atoms with van der Waals surface area (Å²) in [4.78, 5) is 35.7. The largest absolute Gasteiger partial charge is 0.465 e. The average Bonchev–Trinajstić information content (AvgIpc) is 3.30. The van der Waals surface area contributed by atoms with Crippen LogP contribution in [0.15, 0.2) is 11.6 Å². The third kappa shape index (κ3) is 2.10. The smallest absolute Gasteiger partial charge is 0.302 e. The second-order valence-electron chi connectivity index (χ2n) is 8.23. The predicted molar refractivity (Wildman–Crippen MR) is 88.1 cm³/mol. The number of hydrogen-bond donors (Lipinski definition) is 0. The number of carbonyl (C=O) groups excluding carboxylic acids is 3. The molecule has 0 radical (unpaired) electrons. The summed E-state index contributed by atoms with van der Waals surface area (Å²) < 4.78 is 23.2. The minimum atomic E-state index is -0.739. The van der Waals surface area contributed by atoms with Crippen LogP contribution in [-0.2, 0) is 33.3 Å². The van der Waals surface area contributed by atoms with Crippen LogP contribution in [0.2, 0.25) is 0 Å². The Morgan fingerprint density at radius 3 is 2.58 bits per heavy atom. The van der Waals surface area contributed by atoms with E-state index in [1.54, 1.807) is 6.92 Å². The number of allylic oxidation sites excluding steroid dienone is 1. The molecule has 6 unspecified atom stereocenters. The van der Waals surface area contributed by atoms with Gasteiger partial charge in [-0.2, -0.15) is 0 Å². The Bertz CT molecular complexity index is 721. The van der Waals surface area contributed by atoms with E-state index in [1.807, 2.05) is 6.08 Å². The number of hydrogen-bond acceptors (Lipinski definition) is 7. The molecule has 0 aromatic carbocycles. The molecule has 6 atom stereocenters. The molecule has 0 aromatic rings. The van der Waals surface area contributed by atoms with Crippen LogP contribution in [-0.4, -0.2) is 54.8 Å². The Labute approximate surface area is 152 Å². The first-order chi connectivity index (χ1) is 12.2. The highest BCUT2D eigenvalue weighted by molar-refractivity contribution is 5.96. The molecule has 142 valence electrons. The molecule has 26 heavy (non-hydrogen) atoms. The fourth-order valence-electron chi connectivity index (χ4n) is 5.36. The predicted octanol–water partition coefficient (Wildman–Crippen LogP) is 1.33. The van der Waals surface area contributed by atoms with E-state index in [9.17, 15) is 14.4 Å². The van der Waals surface area contributed by atoms with Gasteiger partial charge >= 0.3 is 11.9 Å². The van der Waals surface area contributed by atoms with Gasteiger partial charge in [-0.05, 0) is 25.0 Å². The van der Waals surface area contributed by atoms with Gasteiger partial charge in [-0.3, -0.25) is 14.4 Å². The number of rotatable bonds is 3. The summed E-state index contributed by atoms with van der Waals surface area (Å²) in [6.45, 7) is 7.11. The molecule has 2 aliphatic carbocycles. The second-order valence-corrected chi connectivity index (χ2v) is 8.23. The minimum absolute atomic E-state index is 0.0170. The zero-order valence-corrected chi connectivity index (χ0v) is 15.5. The molecule has 0 N–H and O–H groups in total. The summed E-state index contributed by atoms with van der Waals surface area (Å²) >= 11 is 0. The van der Waals surface area contributed by atoms with Crippen molar-refractivity contribution in [3.63, 3.8) is 0 Å². The van der Waals surface area contributed by atoms with Gasteiger partial charge in [-0.15, -0.1) is 0 Å². The quantitative estimate of drug-likeness (QED) is 0.551. The molecule has 0 aromatic heterocycles. The van der Waals surface area contributed by atoms with E-state index in [1.165, 1.54) is 13.8 Å². The van der Waals surface area contributed by atoms with E-state index in [0.717, 1.165) is 0 Å². The van der Waals surface area contributed by atoms with E-state index in [-0.39, 0.29) is 30.9 Å². The molecule has 1 saturated carbocycles. The number of epoxide rings is 1. The highest BCUT2D eigenvalue weighted by Crippen LogP contribution is 2.71. The fourth-order valence-corrected chi connectivity index (χ4v) is 5.36. The molecular formula is C19H24O7. The van der Waals surface area contributed by atoms with Crippen LogP contribution in [0.25, 0.3) is 0 Å². The number of fused-ring (bicyclic) bond motifs is 2. The fraction of sp³-hybridized carbons (Fsp3) is 0.737. The minimum Gasteiger partial charge on any atom is -0.465 e. The number of esters is 2. The summed E-state index contributed by atoms with van der Waals surface area (Å²) in [6, 6.07) is 0. The molecule has 1 spiro atoms. The monoisotopic (exact) mass is 364 g/mol. The van der Waals surface area contributed by atoms with Gasteiger partial charge in [0.05, 0.1) is 18.1 Å². The van der Waals surface area contributed by atoms with Crippen molar-refractivity contribution in [2.24, 2.45) is 10.8 Å². The highest BCUT2D eigenvalue weighted by atomic mass is 16.7. The average molecular weight is 364 g/mol. The summed E-state index contributed by atoms with van der Waals surface area (Å²) in [7, 11) is 0. The summed E-state index contributed by atoms with van der Waals surface area (Å²) in [6.07, 6.45) is 1.33. The molecule has 4 rings (SSSR count). The Kier molecular flexibility index (Phi) is 3.66. The third-order valence-electron chi connectivity index (χ3n) is 6.90. The number of ketones is 1. The van der Waals surface area contributed by atoms with Crippen molar-refractivity contribution in [3.05, 3.63) is 11.6 Å².